The van der Waals surface area contributed by atoms with E-state index in [0.717, 1.165) is 27.9 Å². The van der Waals surface area contributed by atoms with E-state index in [-0.39, 0.29) is 11.4 Å². The molecule has 0 saturated heterocycles. The molecular weight excluding hydrogens is 528 g/mol. The van der Waals surface area contributed by atoms with Crippen molar-refractivity contribution in [2.45, 2.75) is 38.7 Å². The molecule has 35 heavy (non-hydrogen) atoms. The number of carbonyl (C=O) groups excluding carboxylic acids is 1. The van der Waals surface area contributed by atoms with Crippen LogP contribution in [0.25, 0.3) is 6.08 Å². The molecule has 3 aliphatic rings. The van der Waals surface area contributed by atoms with Gasteiger partial charge in [0.1, 0.15) is 11.7 Å². The summed E-state index contributed by atoms with van der Waals surface area (Å²) in [5.41, 5.74) is 1.95. The Morgan fingerprint density at radius 3 is 2.66 bits per heavy atom. The van der Waals surface area contributed by atoms with Crippen LogP contribution in [0.15, 0.2) is 62.6 Å². The first kappa shape index (κ1) is 23.8. The highest BCUT2D eigenvalue weighted by atomic mass is 79.9. The van der Waals surface area contributed by atoms with Gasteiger partial charge in [0.05, 0.1) is 12.7 Å². The van der Waals surface area contributed by atoms with Crippen molar-refractivity contribution >= 4 is 55.7 Å². The molecule has 2 aromatic carbocycles. The average Bonchev–Trinajstić information content (AvgIpc) is 3.31. The Balaban J connectivity index is 1.34. The molecule has 2 aliphatic heterocycles. The highest BCUT2D eigenvalue weighted by Crippen LogP contribution is 2.36. The lowest BCUT2D eigenvalue weighted by atomic mass is 9.90. The van der Waals surface area contributed by atoms with Gasteiger partial charge in [-0.3, -0.25) is 10.2 Å². The largest absolute Gasteiger partial charge is 0.493 e. The number of hydrogen-bond acceptors (Lipinski definition) is 6. The summed E-state index contributed by atoms with van der Waals surface area (Å²) < 4.78 is 12.5. The molecular formula is C26H25BrN4O3S. The number of thioether (sulfide) groups is 1. The number of amidine groups is 2. The number of benzene rings is 2. The maximum Gasteiger partial charge on any atom is 0.283 e. The molecule has 0 bridgehead atoms. The predicted molar refractivity (Wildman–Crippen MR) is 143 cm³/mol. The first-order valence-electron chi connectivity index (χ1n) is 11.6. The van der Waals surface area contributed by atoms with Crippen molar-refractivity contribution in [3.05, 3.63) is 63.6 Å². The molecule has 0 spiro atoms. The van der Waals surface area contributed by atoms with Crippen LogP contribution in [-0.4, -0.2) is 34.1 Å². The standard InChI is InChI=1S/C26H25BrN4O3S/c1-33-22-14-17(9-12-21(22)34-15-16-7-10-19(27)11-8-16)13-20-23(28)31-26(29-24(20)32)35-25(30-31)18-5-3-2-4-6-18/h7-14,18,28H,2-6,15H2,1H3/b20-13-,28-23?. The lowest BCUT2D eigenvalue weighted by Gasteiger charge is -2.20. The Labute approximate surface area is 216 Å². The van der Waals surface area contributed by atoms with Gasteiger partial charge in [0.15, 0.2) is 17.3 Å². The third-order valence-electron chi connectivity index (χ3n) is 6.23. The number of hydrazone groups is 1. The molecule has 0 radical (unpaired) electrons. The zero-order valence-corrected chi connectivity index (χ0v) is 21.7. The van der Waals surface area contributed by atoms with E-state index in [1.165, 1.54) is 36.0 Å². The summed E-state index contributed by atoms with van der Waals surface area (Å²) >= 11 is 4.86. The molecule has 0 atom stereocenters. The highest BCUT2D eigenvalue weighted by molar-refractivity contribution is 9.10. The van der Waals surface area contributed by atoms with Gasteiger partial charge >= 0.3 is 0 Å². The van der Waals surface area contributed by atoms with Gasteiger partial charge in [-0.1, -0.05) is 53.4 Å². The lowest BCUT2D eigenvalue weighted by Crippen LogP contribution is -2.35. The van der Waals surface area contributed by atoms with Gasteiger partial charge in [-0.15, -0.1) is 0 Å². The molecule has 0 aromatic heterocycles. The molecule has 5 rings (SSSR count). The number of ether oxygens (including phenoxy) is 2. The number of fused-ring (bicyclic) bond motifs is 1. The molecule has 9 heteroatoms. The number of methoxy groups -OCH3 is 1. The average molecular weight is 553 g/mol. The second-order valence-corrected chi connectivity index (χ2v) is 10.5. The van der Waals surface area contributed by atoms with Gasteiger partial charge in [0, 0.05) is 10.4 Å². The Hall–Kier alpha value is -2.91. The fourth-order valence-electron chi connectivity index (χ4n) is 4.32. The molecule has 2 heterocycles. The van der Waals surface area contributed by atoms with Crippen molar-refractivity contribution in [2.75, 3.05) is 7.11 Å². The predicted octanol–water partition coefficient (Wildman–Crippen LogP) is 6.24. The van der Waals surface area contributed by atoms with Crippen molar-refractivity contribution in [1.29, 1.82) is 5.41 Å². The van der Waals surface area contributed by atoms with E-state index in [1.807, 2.05) is 30.3 Å². The van der Waals surface area contributed by atoms with E-state index < -0.39 is 5.91 Å². The highest BCUT2D eigenvalue weighted by Gasteiger charge is 2.37. The SMILES string of the molecule is COc1cc(/C=C2/C(=N)N3N=C(C4CCCCC4)SC3=NC2=O)ccc1OCc1ccc(Br)cc1. The Kier molecular flexibility index (Phi) is 7.06. The van der Waals surface area contributed by atoms with Crippen molar-refractivity contribution < 1.29 is 14.3 Å². The fourth-order valence-corrected chi connectivity index (χ4v) is 5.65. The minimum atomic E-state index is -0.427. The van der Waals surface area contributed by atoms with Crippen LogP contribution in [0.3, 0.4) is 0 Å². The van der Waals surface area contributed by atoms with Crippen LogP contribution in [0.2, 0.25) is 0 Å². The molecule has 1 saturated carbocycles. The van der Waals surface area contributed by atoms with Crippen molar-refractivity contribution in [3.63, 3.8) is 0 Å². The number of nitrogens with zero attached hydrogens (tertiary/aromatic N) is 3. The molecule has 1 amide bonds. The van der Waals surface area contributed by atoms with E-state index in [1.54, 1.807) is 25.3 Å². The van der Waals surface area contributed by atoms with E-state index >= 15 is 0 Å². The molecule has 1 aliphatic carbocycles. The second kappa shape index (κ2) is 10.4. The van der Waals surface area contributed by atoms with Crippen molar-refractivity contribution in [1.82, 2.24) is 5.01 Å². The normalized spacial score (nSPS) is 19.5. The van der Waals surface area contributed by atoms with Gasteiger partial charge in [-0.05, 0) is 66.1 Å². The number of nitrogens with one attached hydrogen (secondary N) is 1. The Morgan fingerprint density at radius 2 is 1.91 bits per heavy atom. The lowest BCUT2D eigenvalue weighted by molar-refractivity contribution is -0.114. The summed E-state index contributed by atoms with van der Waals surface area (Å²) in [4.78, 5) is 17.0. The van der Waals surface area contributed by atoms with Crippen molar-refractivity contribution in [3.8, 4) is 11.5 Å². The Bertz CT molecular complexity index is 1250. The topological polar surface area (TPSA) is 87.3 Å². The summed E-state index contributed by atoms with van der Waals surface area (Å²) in [6.07, 6.45) is 7.52. The first-order valence-corrected chi connectivity index (χ1v) is 13.2. The number of amides is 1. The van der Waals surface area contributed by atoms with E-state index in [9.17, 15) is 4.79 Å². The molecule has 0 unspecified atom stereocenters. The van der Waals surface area contributed by atoms with Gasteiger partial charge in [-0.25, -0.2) is 0 Å². The molecule has 2 aromatic rings. The summed E-state index contributed by atoms with van der Waals surface area (Å²) in [5, 5.41) is 16.3. The van der Waals surface area contributed by atoms with Crippen LogP contribution in [0, 0.1) is 11.3 Å². The Morgan fingerprint density at radius 1 is 1.14 bits per heavy atom. The number of halogens is 1. The third kappa shape index (κ3) is 5.21. The number of carbonyl (C=O) groups is 1. The minimum Gasteiger partial charge on any atom is -0.493 e. The number of aliphatic imine (C=N–C) groups is 1. The molecule has 1 fully saturated rings. The monoisotopic (exact) mass is 552 g/mol. The van der Waals surface area contributed by atoms with Crippen LogP contribution in [0.1, 0.15) is 43.2 Å². The van der Waals surface area contributed by atoms with Crippen LogP contribution < -0.4 is 9.47 Å². The zero-order chi connectivity index (χ0) is 24.4. The second-order valence-electron chi connectivity index (χ2n) is 8.62. The third-order valence-corrected chi connectivity index (χ3v) is 7.83. The molecule has 180 valence electrons. The van der Waals surface area contributed by atoms with Gasteiger partial charge < -0.3 is 9.47 Å². The molecule has 7 nitrogen and oxygen atoms in total. The molecule has 1 N–H and O–H groups in total. The summed E-state index contributed by atoms with van der Waals surface area (Å²) in [6, 6.07) is 13.3. The zero-order valence-electron chi connectivity index (χ0n) is 19.3. The number of hydrogen-bond donors (Lipinski definition) is 1. The van der Waals surface area contributed by atoms with E-state index in [2.05, 4.69) is 26.0 Å². The summed E-state index contributed by atoms with van der Waals surface area (Å²) in [5.74, 6) is 1.16. The number of rotatable bonds is 6. The smallest absolute Gasteiger partial charge is 0.283 e. The maximum atomic E-state index is 12.8. The van der Waals surface area contributed by atoms with Gasteiger partial charge in [0.2, 0.25) is 5.17 Å². The van der Waals surface area contributed by atoms with Gasteiger partial charge in [-0.2, -0.15) is 15.1 Å². The summed E-state index contributed by atoms with van der Waals surface area (Å²) in [6.45, 7) is 0.401. The summed E-state index contributed by atoms with van der Waals surface area (Å²) in [7, 11) is 1.58. The van der Waals surface area contributed by atoms with Gasteiger partial charge in [0.25, 0.3) is 5.91 Å². The minimum absolute atomic E-state index is 0.0489. The van der Waals surface area contributed by atoms with Crippen molar-refractivity contribution in [2.24, 2.45) is 16.0 Å². The first-order chi connectivity index (χ1) is 17.0. The fraction of sp³-hybridized carbons (Fsp3) is 0.308. The van der Waals surface area contributed by atoms with Crippen LogP contribution in [0.5, 0.6) is 11.5 Å². The van der Waals surface area contributed by atoms with E-state index in [4.69, 9.17) is 14.9 Å². The van der Waals surface area contributed by atoms with Crippen LogP contribution in [-0.2, 0) is 11.4 Å². The van der Waals surface area contributed by atoms with E-state index in [0.29, 0.717) is 34.8 Å². The maximum absolute atomic E-state index is 12.8. The quantitative estimate of drug-likeness (QED) is 0.428. The van der Waals surface area contributed by atoms with Crippen LogP contribution in [0.4, 0.5) is 0 Å². The van der Waals surface area contributed by atoms with Crippen LogP contribution >= 0.6 is 27.7 Å².